The molecule has 0 aliphatic carbocycles. The minimum atomic E-state index is -0.539. The number of carbonyl (C=O) groups is 2. The third-order valence-electron chi connectivity index (χ3n) is 4.16. The Morgan fingerprint density at radius 1 is 1.21 bits per heavy atom. The number of hydrogen-bond donors (Lipinski definition) is 0. The van der Waals surface area contributed by atoms with Gasteiger partial charge in [-0.2, -0.15) is 0 Å². The Balaban J connectivity index is 2.56. The van der Waals surface area contributed by atoms with Gasteiger partial charge < -0.3 is 9.64 Å². The van der Waals surface area contributed by atoms with Crippen LogP contribution in [0.25, 0.3) is 12.2 Å². The van der Waals surface area contributed by atoms with E-state index in [1.165, 1.54) is 32.4 Å². The van der Waals surface area contributed by atoms with Crippen LogP contribution in [0, 0.1) is 0 Å². The molecule has 6 nitrogen and oxygen atoms in total. The highest BCUT2D eigenvalue weighted by atomic mass is 32.1. The summed E-state index contributed by atoms with van der Waals surface area (Å²) in [6.45, 7) is 6.06. The van der Waals surface area contributed by atoms with Crippen molar-refractivity contribution in [3.63, 3.8) is 0 Å². The monoisotopic (exact) mass is 402 g/mol. The van der Waals surface area contributed by atoms with Gasteiger partial charge in [-0.3, -0.25) is 14.2 Å². The van der Waals surface area contributed by atoms with Crippen LogP contribution in [-0.4, -0.2) is 42.0 Å². The summed E-state index contributed by atoms with van der Waals surface area (Å²) in [6.07, 6.45) is 3.04. The SMILES string of the molecule is CCOC(=O)C=c1sc(=Cc2ccc(C(C)C)cc2)c(=O)n1CC(=O)N(C)C. The summed E-state index contributed by atoms with van der Waals surface area (Å²) in [5.74, 6) is -0.343. The first kappa shape index (κ1) is 21.6. The molecule has 0 fully saturated rings. The number of carbonyl (C=O) groups excluding carboxylic acids is 2. The summed E-state index contributed by atoms with van der Waals surface area (Å²) < 4.78 is 7.12. The van der Waals surface area contributed by atoms with Gasteiger partial charge in [0.1, 0.15) is 11.2 Å². The number of ether oxygens (including phenoxy) is 1. The van der Waals surface area contributed by atoms with E-state index >= 15 is 0 Å². The van der Waals surface area contributed by atoms with Crippen molar-refractivity contribution >= 4 is 35.4 Å². The fraction of sp³-hybridized carbons (Fsp3) is 0.381. The summed E-state index contributed by atoms with van der Waals surface area (Å²) >= 11 is 1.17. The fourth-order valence-electron chi connectivity index (χ4n) is 2.48. The van der Waals surface area contributed by atoms with E-state index in [0.29, 0.717) is 15.1 Å². The Kier molecular flexibility index (Phi) is 7.34. The van der Waals surface area contributed by atoms with Gasteiger partial charge in [0.05, 0.1) is 17.2 Å². The van der Waals surface area contributed by atoms with E-state index in [2.05, 4.69) is 13.8 Å². The average molecular weight is 403 g/mol. The van der Waals surface area contributed by atoms with E-state index < -0.39 is 5.97 Å². The van der Waals surface area contributed by atoms with Crippen LogP contribution >= 0.6 is 11.3 Å². The summed E-state index contributed by atoms with van der Waals surface area (Å²) in [4.78, 5) is 38.3. The van der Waals surface area contributed by atoms with Gasteiger partial charge in [-0.25, -0.2) is 4.79 Å². The maximum absolute atomic E-state index is 12.9. The van der Waals surface area contributed by atoms with E-state index in [0.717, 1.165) is 5.56 Å². The molecule has 0 unspecified atom stereocenters. The van der Waals surface area contributed by atoms with Gasteiger partial charge in [0.2, 0.25) is 5.91 Å². The summed E-state index contributed by atoms with van der Waals surface area (Å²) in [6, 6.07) is 7.98. The van der Waals surface area contributed by atoms with Gasteiger partial charge in [-0.1, -0.05) is 38.1 Å². The molecule has 2 aromatic rings. The number of aromatic nitrogens is 1. The number of likely N-dealkylation sites (N-methyl/N-ethyl adjacent to an activating group) is 1. The first-order chi connectivity index (χ1) is 13.2. The lowest BCUT2D eigenvalue weighted by atomic mass is 10.0. The van der Waals surface area contributed by atoms with Crippen LogP contribution in [0.2, 0.25) is 0 Å². The number of nitrogens with zero attached hydrogens (tertiary/aromatic N) is 2. The molecule has 1 aromatic carbocycles. The molecule has 0 bridgehead atoms. The van der Waals surface area contributed by atoms with E-state index in [1.54, 1.807) is 27.1 Å². The maximum atomic E-state index is 12.9. The van der Waals surface area contributed by atoms with E-state index in [1.807, 2.05) is 24.3 Å². The number of esters is 1. The van der Waals surface area contributed by atoms with Crippen LogP contribution < -0.4 is 14.8 Å². The highest BCUT2D eigenvalue weighted by molar-refractivity contribution is 7.07. The first-order valence-corrected chi connectivity index (χ1v) is 9.94. The zero-order valence-electron chi connectivity index (χ0n) is 16.9. The summed E-state index contributed by atoms with van der Waals surface area (Å²) in [7, 11) is 3.25. The van der Waals surface area contributed by atoms with Crippen molar-refractivity contribution in [2.75, 3.05) is 20.7 Å². The lowest BCUT2D eigenvalue weighted by molar-refractivity contribution is -0.135. The van der Waals surface area contributed by atoms with Gasteiger partial charge in [0.15, 0.2) is 0 Å². The quantitative estimate of drug-likeness (QED) is 0.683. The van der Waals surface area contributed by atoms with Crippen LogP contribution in [0.1, 0.15) is 37.8 Å². The predicted octanol–water partition coefficient (Wildman–Crippen LogP) is 1.29. The molecular weight excluding hydrogens is 376 g/mol. The molecule has 0 atom stereocenters. The third kappa shape index (κ3) is 5.42. The first-order valence-electron chi connectivity index (χ1n) is 9.12. The normalized spacial score (nSPS) is 12.5. The fourth-order valence-corrected chi connectivity index (χ4v) is 3.51. The molecule has 0 saturated heterocycles. The molecule has 0 aliphatic rings. The zero-order valence-corrected chi connectivity index (χ0v) is 17.7. The second kappa shape index (κ2) is 9.50. The van der Waals surface area contributed by atoms with Gasteiger partial charge in [-0.15, -0.1) is 11.3 Å². The standard InChI is InChI=1S/C21H26N2O4S/c1-6-27-20(25)12-19-23(13-18(24)22(4)5)21(26)17(28-19)11-15-7-9-16(10-8-15)14(2)3/h7-12,14H,6,13H2,1-5H3. The molecule has 0 radical (unpaired) electrons. The highest BCUT2D eigenvalue weighted by Gasteiger charge is 2.12. The molecule has 0 aliphatic heterocycles. The van der Waals surface area contributed by atoms with Crippen LogP contribution in [0.3, 0.4) is 0 Å². The molecule has 0 spiro atoms. The van der Waals surface area contributed by atoms with Crippen molar-refractivity contribution in [2.24, 2.45) is 0 Å². The molecule has 7 heteroatoms. The molecule has 150 valence electrons. The Bertz CT molecular complexity index is 1010. The van der Waals surface area contributed by atoms with Crippen LogP contribution in [-0.2, 0) is 20.9 Å². The average Bonchev–Trinajstić information content (AvgIpc) is 2.91. The van der Waals surface area contributed by atoms with Crippen molar-refractivity contribution in [1.82, 2.24) is 9.47 Å². The Labute approximate surface area is 168 Å². The van der Waals surface area contributed by atoms with Gasteiger partial charge in [0, 0.05) is 14.1 Å². The molecule has 0 saturated carbocycles. The number of rotatable bonds is 6. The molecular formula is C21H26N2O4S. The van der Waals surface area contributed by atoms with Crippen molar-refractivity contribution in [2.45, 2.75) is 33.2 Å². The largest absolute Gasteiger partial charge is 0.463 e. The summed E-state index contributed by atoms with van der Waals surface area (Å²) in [5.41, 5.74) is 1.80. The van der Waals surface area contributed by atoms with E-state index in [9.17, 15) is 14.4 Å². The van der Waals surface area contributed by atoms with Gasteiger partial charge >= 0.3 is 5.97 Å². The third-order valence-corrected chi connectivity index (χ3v) is 5.22. The predicted molar refractivity (Wildman–Crippen MR) is 112 cm³/mol. The second-order valence-corrected chi connectivity index (χ2v) is 7.91. The summed E-state index contributed by atoms with van der Waals surface area (Å²) in [5, 5.41) is 0. The minimum Gasteiger partial charge on any atom is -0.463 e. The van der Waals surface area contributed by atoms with E-state index in [-0.39, 0.29) is 24.6 Å². The zero-order chi connectivity index (χ0) is 20.8. The van der Waals surface area contributed by atoms with Crippen molar-refractivity contribution in [3.8, 4) is 0 Å². The molecule has 1 amide bonds. The van der Waals surface area contributed by atoms with E-state index in [4.69, 9.17) is 4.74 Å². The van der Waals surface area contributed by atoms with Crippen molar-refractivity contribution < 1.29 is 14.3 Å². The molecule has 0 N–H and O–H groups in total. The maximum Gasteiger partial charge on any atom is 0.333 e. The second-order valence-electron chi connectivity index (χ2n) is 6.85. The smallest absolute Gasteiger partial charge is 0.333 e. The molecule has 2 rings (SSSR count). The molecule has 28 heavy (non-hydrogen) atoms. The lowest BCUT2D eigenvalue weighted by Gasteiger charge is -2.10. The number of thiazole rings is 1. The number of benzene rings is 1. The number of amides is 1. The van der Waals surface area contributed by atoms with Gasteiger partial charge in [-0.05, 0) is 30.0 Å². The number of hydrogen-bond acceptors (Lipinski definition) is 5. The minimum absolute atomic E-state index is 0.131. The molecule has 1 heterocycles. The topological polar surface area (TPSA) is 68.6 Å². The van der Waals surface area contributed by atoms with Crippen LogP contribution in [0.4, 0.5) is 0 Å². The lowest BCUT2D eigenvalue weighted by Crippen LogP contribution is -2.38. The Hall–Kier alpha value is -2.67. The van der Waals surface area contributed by atoms with Crippen molar-refractivity contribution in [1.29, 1.82) is 0 Å². The molecule has 1 aromatic heterocycles. The van der Waals surface area contributed by atoms with Gasteiger partial charge in [0.25, 0.3) is 5.56 Å². The Morgan fingerprint density at radius 3 is 2.39 bits per heavy atom. The van der Waals surface area contributed by atoms with Crippen LogP contribution in [0.5, 0.6) is 0 Å². The Morgan fingerprint density at radius 2 is 1.86 bits per heavy atom. The van der Waals surface area contributed by atoms with Crippen LogP contribution in [0.15, 0.2) is 29.1 Å². The highest BCUT2D eigenvalue weighted by Crippen LogP contribution is 2.14. The van der Waals surface area contributed by atoms with Crippen molar-refractivity contribution in [3.05, 3.63) is 54.9 Å².